The second kappa shape index (κ2) is 6.46. The van der Waals surface area contributed by atoms with E-state index in [-0.39, 0.29) is 16.9 Å². The van der Waals surface area contributed by atoms with E-state index in [1.54, 1.807) is 12.1 Å². The fourth-order valence-corrected chi connectivity index (χ4v) is 3.88. The maximum absolute atomic E-state index is 15.0. The molecule has 4 rings (SSSR count). The lowest BCUT2D eigenvalue weighted by Crippen LogP contribution is -2.27. The Kier molecular flexibility index (Phi) is 4.40. The predicted molar refractivity (Wildman–Crippen MR) is 98.3 cm³/mol. The second-order valence-electron chi connectivity index (χ2n) is 7.27. The summed E-state index contributed by atoms with van der Waals surface area (Å²) < 4.78 is 34.8. The zero-order valence-electron chi connectivity index (χ0n) is 14.8. The van der Waals surface area contributed by atoms with Gasteiger partial charge in [-0.25, -0.2) is 13.8 Å². The van der Waals surface area contributed by atoms with Gasteiger partial charge in [-0.15, -0.1) is 0 Å². The number of hydrogen-bond donors (Lipinski definition) is 1. The first-order chi connectivity index (χ1) is 12.4. The number of fused-ring (bicyclic) bond motifs is 1. The van der Waals surface area contributed by atoms with Crippen LogP contribution in [0.3, 0.4) is 0 Å². The average molecular weight is 379 g/mol. The summed E-state index contributed by atoms with van der Waals surface area (Å²) in [6.07, 6.45) is 1.08. The molecule has 1 fully saturated rings. The lowest BCUT2D eigenvalue weighted by atomic mass is 9.92. The number of nitrogens with zero attached hydrogens (tertiary/aromatic N) is 1. The third kappa shape index (κ3) is 2.87. The molecule has 0 bridgehead atoms. The minimum Gasteiger partial charge on any atom is -0.490 e. The van der Waals surface area contributed by atoms with Crippen LogP contribution in [0.5, 0.6) is 5.75 Å². The van der Waals surface area contributed by atoms with Gasteiger partial charge >= 0.3 is 0 Å². The Balaban J connectivity index is 1.90. The highest BCUT2D eigenvalue weighted by Gasteiger charge is 2.51. The molecular formula is C20H21ClF2N2O. The molecule has 1 N–H and O–H groups in total. The molecule has 0 amide bonds. The van der Waals surface area contributed by atoms with Crippen LogP contribution < -0.4 is 10.1 Å². The van der Waals surface area contributed by atoms with Crippen molar-refractivity contribution in [2.24, 2.45) is 0 Å². The van der Waals surface area contributed by atoms with Crippen molar-refractivity contribution in [3.63, 3.8) is 0 Å². The van der Waals surface area contributed by atoms with Crippen molar-refractivity contribution in [2.75, 3.05) is 20.2 Å². The molecule has 1 aliphatic heterocycles. The van der Waals surface area contributed by atoms with E-state index in [1.807, 2.05) is 13.1 Å². The summed E-state index contributed by atoms with van der Waals surface area (Å²) in [4.78, 5) is 4.72. The van der Waals surface area contributed by atoms with E-state index in [0.29, 0.717) is 48.7 Å². The Bertz CT molecular complexity index is 854. The molecule has 26 heavy (non-hydrogen) atoms. The number of pyridine rings is 1. The van der Waals surface area contributed by atoms with Crippen molar-refractivity contribution >= 4 is 11.6 Å². The van der Waals surface area contributed by atoms with Gasteiger partial charge in [0.2, 0.25) is 0 Å². The summed E-state index contributed by atoms with van der Waals surface area (Å²) >= 11 is 6.20. The van der Waals surface area contributed by atoms with Crippen LogP contribution in [-0.4, -0.2) is 30.9 Å². The van der Waals surface area contributed by atoms with E-state index in [4.69, 9.17) is 21.3 Å². The van der Waals surface area contributed by atoms with Crippen LogP contribution in [0.25, 0.3) is 11.3 Å². The maximum atomic E-state index is 15.0. The van der Waals surface area contributed by atoms with Crippen molar-refractivity contribution in [3.05, 3.63) is 46.4 Å². The standard InChI is InChI=1S/C20H21ClF2N2O/c1-11-10-26-19-13(11)8-16(14(9-24-2)20(23)6-7-20)25-18(19)12-4-3-5-15(22)17(12)21/h3-5,8,11,14,24H,6-7,9-10H2,1-2H3. The number of ether oxygens (including phenoxy) is 1. The smallest absolute Gasteiger partial charge is 0.149 e. The van der Waals surface area contributed by atoms with Crippen molar-refractivity contribution in [2.45, 2.75) is 37.3 Å². The molecule has 2 heterocycles. The molecule has 2 atom stereocenters. The number of rotatable bonds is 5. The number of likely N-dealkylation sites (N-methyl/N-ethyl adjacent to an activating group) is 1. The third-order valence-electron chi connectivity index (χ3n) is 5.35. The summed E-state index contributed by atoms with van der Waals surface area (Å²) in [5.74, 6) is -0.0627. The topological polar surface area (TPSA) is 34.2 Å². The molecule has 0 saturated heterocycles. The van der Waals surface area contributed by atoms with Gasteiger partial charge in [0.05, 0.1) is 11.6 Å². The van der Waals surface area contributed by atoms with Crippen molar-refractivity contribution in [3.8, 4) is 17.0 Å². The molecule has 6 heteroatoms. The van der Waals surface area contributed by atoms with Crippen LogP contribution in [0.2, 0.25) is 5.02 Å². The van der Waals surface area contributed by atoms with Gasteiger partial charge in [0.25, 0.3) is 0 Å². The maximum Gasteiger partial charge on any atom is 0.149 e. The molecular weight excluding hydrogens is 358 g/mol. The Morgan fingerprint density at radius 2 is 2.19 bits per heavy atom. The van der Waals surface area contributed by atoms with Crippen LogP contribution in [-0.2, 0) is 0 Å². The van der Waals surface area contributed by atoms with Crippen molar-refractivity contribution in [1.29, 1.82) is 0 Å². The second-order valence-corrected chi connectivity index (χ2v) is 7.65. The zero-order valence-corrected chi connectivity index (χ0v) is 15.5. The number of alkyl halides is 1. The first kappa shape index (κ1) is 17.7. The van der Waals surface area contributed by atoms with Gasteiger partial charge in [-0.1, -0.05) is 30.7 Å². The largest absolute Gasteiger partial charge is 0.490 e. The number of halogens is 3. The van der Waals surface area contributed by atoms with Crippen LogP contribution in [0, 0.1) is 5.82 Å². The monoisotopic (exact) mass is 378 g/mol. The summed E-state index contributed by atoms with van der Waals surface area (Å²) in [5.41, 5.74) is 1.40. The minimum absolute atomic E-state index is 0.00838. The normalized spacial score (nSPS) is 21.2. The zero-order chi connectivity index (χ0) is 18.5. The molecule has 1 aromatic carbocycles. The number of aromatic nitrogens is 1. The van der Waals surface area contributed by atoms with E-state index in [2.05, 4.69) is 12.2 Å². The molecule has 138 valence electrons. The Hall–Kier alpha value is -1.72. The number of nitrogens with one attached hydrogen (secondary N) is 1. The minimum atomic E-state index is -1.23. The molecule has 1 aromatic heterocycles. The fourth-order valence-electron chi connectivity index (χ4n) is 3.66. The number of hydrogen-bond acceptors (Lipinski definition) is 3. The van der Waals surface area contributed by atoms with E-state index < -0.39 is 11.5 Å². The molecule has 2 unspecified atom stereocenters. The molecule has 1 saturated carbocycles. The van der Waals surface area contributed by atoms with Gasteiger partial charge < -0.3 is 10.1 Å². The van der Waals surface area contributed by atoms with Crippen LogP contribution >= 0.6 is 11.6 Å². The van der Waals surface area contributed by atoms with Crippen LogP contribution in [0.4, 0.5) is 8.78 Å². The Morgan fingerprint density at radius 1 is 1.42 bits per heavy atom. The van der Waals surface area contributed by atoms with E-state index in [0.717, 1.165) is 5.56 Å². The van der Waals surface area contributed by atoms with Crippen molar-refractivity contribution < 1.29 is 13.5 Å². The van der Waals surface area contributed by atoms with Crippen LogP contribution in [0.1, 0.15) is 42.9 Å². The summed E-state index contributed by atoms with van der Waals surface area (Å²) in [6, 6.07) is 6.58. The first-order valence-electron chi connectivity index (χ1n) is 8.90. The first-order valence-corrected chi connectivity index (χ1v) is 9.28. The highest BCUT2D eigenvalue weighted by Crippen LogP contribution is 2.52. The molecule has 0 radical (unpaired) electrons. The highest BCUT2D eigenvalue weighted by molar-refractivity contribution is 6.33. The lowest BCUT2D eigenvalue weighted by Gasteiger charge is -2.22. The van der Waals surface area contributed by atoms with Gasteiger partial charge in [0.15, 0.2) is 0 Å². The quantitative estimate of drug-likeness (QED) is 0.808. The molecule has 0 spiro atoms. The Labute approximate surface area is 156 Å². The van der Waals surface area contributed by atoms with Crippen LogP contribution in [0.15, 0.2) is 24.3 Å². The van der Waals surface area contributed by atoms with E-state index in [9.17, 15) is 8.78 Å². The van der Waals surface area contributed by atoms with E-state index in [1.165, 1.54) is 6.07 Å². The lowest BCUT2D eigenvalue weighted by molar-refractivity contribution is 0.249. The highest BCUT2D eigenvalue weighted by atomic mass is 35.5. The van der Waals surface area contributed by atoms with Gasteiger partial charge in [0.1, 0.15) is 22.9 Å². The molecule has 2 aromatic rings. The molecule has 3 nitrogen and oxygen atoms in total. The predicted octanol–water partition coefficient (Wildman–Crippen LogP) is 4.84. The molecule has 1 aliphatic carbocycles. The third-order valence-corrected chi connectivity index (χ3v) is 5.74. The van der Waals surface area contributed by atoms with Crippen molar-refractivity contribution in [1.82, 2.24) is 10.3 Å². The molecule has 2 aliphatic rings. The SMILES string of the molecule is CNCC(c1cc2c(c(-c3cccc(F)c3Cl)n1)OCC2C)C1(F)CC1. The Morgan fingerprint density at radius 3 is 2.88 bits per heavy atom. The fraction of sp³-hybridized carbons (Fsp3) is 0.450. The number of benzene rings is 1. The van der Waals surface area contributed by atoms with Gasteiger partial charge in [-0.3, -0.25) is 0 Å². The van der Waals surface area contributed by atoms with E-state index >= 15 is 0 Å². The van der Waals surface area contributed by atoms with Gasteiger partial charge in [-0.05, 0) is 32.0 Å². The van der Waals surface area contributed by atoms with Gasteiger partial charge in [-0.2, -0.15) is 0 Å². The summed E-state index contributed by atoms with van der Waals surface area (Å²) in [7, 11) is 1.81. The van der Waals surface area contributed by atoms with Gasteiger partial charge in [0, 0.05) is 35.2 Å². The summed E-state index contributed by atoms with van der Waals surface area (Å²) in [6.45, 7) is 3.08. The summed E-state index contributed by atoms with van der Waals surface area (Å²) in [5, 5.41) is 3.08. The average Bonchev–Trinajstić information content (AvgIpc) is 3.26.